The molecule has 1 amide bonds. The fourth-order valence-electron chi connectivity index (χ4n) is 4.59. The fourth-order valence-corrected chi connectivity index (χ4v) is 4.59. The largest absolute Gasteiger partial charge is 0.416 e. The van der Waals surface area contributed by atoms with Gasteiger partial charge in [-0.25, -0.2) is 15.0 Å². The van der Waals surface area contributed by atoms with E-state index in [4.69, 9.17) is 5.73 Å². The summed E-state index contributed by atoms with van der Waals surface area (Å²) in [5.41, 5.74) is 6.50. The van der Waals surface area contributed by atoms with E-state index in [-0.39, 0.29) is 18.5 Å². The highest BCUT2D eigenvalue weighted by molar-refractivity contribution is 5.83. The number of benzene rings is 1. The molecule has 194 valence electrons. The highest BCUT2D eigenvalue weighted by Gasteiger charge is 2.31. The average Bonchev–Trinajstić information content (AvgIpc) is 3.21. The number of piperidine rings is 1. The predicted octanol–water partition coefficient (Wildman–Crippen LogP) is 2.43. The van der Waals surface area contributed by atoms with Crippen LogP contribution in [0.25, 0.3) is 11.2 Å². The number of aliphatic hydroxyl groups is 1. The minimum Gasteiger partial charge on any atom is -0.391 e. The summed E-state index contributed by atoms with van der Waals surface area (Å²) in [6.45, 7) is 5.96. The predicted molar refractivity (Wildman–Crippen MR) is 128 cm³/mol. The minimum absolute atomic E-state index is 0.00746. The Hall–Kier alpha value is -3.25. The molecule has 0 bridgehead atoms. The third-order valence-electron chi connectivity index (χ3n) is 6.53. The van der Waals surface area contributed by atoms with Gasteiger partial charge in [0.25, 0.3) is 0 Å². The standard InChI is InChI=1S/C24H30F3N7O2/c1-15(2)34(9-16-3-5-18(6-4-16)24(25,26)27)23-21-22(29-13-30-23)33(14-31-21)10-17-7-8-32(11-19(17)35)12-20(28)36/h3-6,13-15,17,19,35H,7-12H2,1-2H3,(H2,28,36)/t17-,19+/m1/s1. The maximum absolute atomic E-state index is 12.9. The van der Waals surface area contributed by atoms with Crippen molar-refractivity contribution in [3.05, 3.63) is 48.0 Å². The van der Waals surface area contributed by atoms with E-state index < -0.39 is 23.8 Å². The first-order valence-electron chi connectivity index (χ1n) is 11.8. The van der Waals surface area contributed by atoms with E-state index >= 15 is 0 Å². The van der Waals surface area contributed by atoms with Crippen molar-refractivity contribution in [1.82, 2.24) is 24.4 Å². The normalized spacial score (nSPS) is 19.2. The second-order valence-electron chi connectivity index (χ2n) is 9.50. The third-order valence-corrected chi connectivity index (χ3v) is 6.53. The van der Waals surface area contributed by atoms with Gasteiger partial charge in [-0.05, 0) is 44.5 Å². The number of fused-ring (bicyclic) bond motifs is 1. The van der Waals surface area contributed by atoms with Crippen LogP contribution in [0.5, 0.6) is 0 Å². The molecule has 1 fully saturated rings. The van der Waals surface area contributed by atoms with Crippen molar-refractivity contribution < 1.29 is 23.1 Å². The molecule has 36 heavy (non-hydrogen) atoms. The zero-order valence-corrected chi connectivity index (χ0v) is 20.2. The van der Waals surface area contributed by atoms with Crippen molar-refractivity contribution in [3.63, 3.8) is 0 Å². The summed E-state index contributed by atoms with van der Waals surface area (Å²) < 4.78 is 40.7. The molecule has 2 atom stereocenters. The third kappa shape index (κ3) is 5.76. The van der Waals surface area contributed by atoms with E-state index in [1.165, 1.54) is 18.5 Å². The Morgan fingerprint density at radius 2 is 1.94 bits per heavy atom. The molecule has 12 heteroatoms. The second-order valence-corrected chi connectivity index (χ2v) is 9.50. The van der Waals surface area contributed by atoms with Gasteiger partial charge in [0.1, 0.15) is 6.33 Å². The van der Waals surface area contributed by atoms with Crippen LogP contribution in [0.3, 0.4) is 0 Å². The van der Waals surface area contributed by atoms with Gasteiger partial charge in [0.05, 0.1) is 24.5 Å². The summed E-state index contributed by atoms with van der Waals surface area (Å²) in [5, 5.41) is 10.6. The van der Waals surface area contributed by atoms with Crippen LogP contribution >= 0.6 is 0 Å². The topological polar surface area (TPSA) is 113 Å². The number of anilines is 1. The number of carbonyl (C=O) groups excluding carboxylic acids is 1. The van der Waals surface area contributed by atoms with E-state index in [9.17, 15) is 23.1 Å². The maximum Gasteiger partial charge on any atom is 0.416 e. The summed E-state index contributed by atoms with van der Waals surface area (Å²) >= 11 is 0. The molecule has 1 saturated heterocycles. The van der Waals surface area contributed by atoms with Crippen LogP contribution in [0.4, 0.5) is 19.0 Å². The van der Waals surface area contributed by atoms with Gasteiger partial charge in [0.15, 0.2) is 17.0 Å². The van der Waals surface area contributed by atoms with Crippen molar-refractivity contribution in [2.24, 2.45) is 11.7 Å². The highest BCUT2D eigenvalue weighted by Crippen LogP contribution is 2.30. The van der Waals surface area contributed by atoms with Gasteiger partial charge in [-0.15, -0.1) is 0 Å². The van der Waals surface area contributed by atoms with Crippen LogP contribution in [0, 0.1) is 5.92 Å². The van der Waals surface area contributed by atoms with Crippen molar-refractivity contribution in [2.75, 3.05) is 24.5 Å². The molecule has 3 heterocycles. The molecule has 0 spiro atoms. The first-order valence-corrected chi connectivity index (χ1v) is 11.8. The molecular weight excluding hydrogens is 475 g/mol. The zero-order chi connectivity index (χ0) is 26.0. The number of aliphatic hydroxyl groups excluding tert-OH is 1. The zero-order valence-electron chi connectivity index (χ0n) is 20.2. The summed E-state index contributed by atoms with van der Waals surface area (Å²) in [7, 11) is 0. The highest BCUT2D eigenvalue weighted by atomic mass is 19.4. The number of imidazole rings is 1. The van der Waals surface area contributed by atoms with Crippen LogP contribution < -0.4 is 10.6 Å². The second kappa shape index (κ2) is 10.4. The van der Waals surface area contributed by atoms with E-state index in [0.29, 0.717) is 55.1 Å². The van der Waals surface area contributed by atoms with Gasteiger partial charge in [-0.3, -0.25) is 9.69 Å². The Balaban J connectivity index is 1.54. The van der Waals surface area contributed by atoms with Crippen molar-refractivity contribution in [3.8, 4) is 0 Å². The molecule has 1 aromatic carbocycles. The van der Waals surface area contributed by atoms with Gasteiger partial charge in [0, 0.05) is 31.6 Å². The number of primary amides is 1. The van der Waals surface area contributed by atoms with Crippen LogP contribution in [0.1, 0.15) is 31.4 Å². The molecule has 0 unspecified atom stereocenters. The fraction of sp³-hybridized carbons (Fsp3) is 0.500. The monoisotopic (exact) mass is 505 g/mol. The number of hydrogen-bond donors (Lipinski definition) is 2. The molecule has 0 radical (unpaired) electrons. The van der Waals surface area contributed by atoms with Gasteiger partial charge < -0.3 is 20.3 Å². The summed E-state index contributed by atoms with van der Waals surface area (Å²) in [6.07, 6.45) is -1.19. The Kier molecular flexibility index (Phi) is 7.46. The lowest BCUT2D eigenvalue weighted by Gasteiger charge is -2.35. The minimum atomic E-state index is -4.38. The molecule has 3 aromatic rings. The van der Waals surface area contributed by atoms with Gasteiger partial charge in [0.2, 0.25) is 5.91 Å². The molecule has 1 aliphatic heterocycles. The SMILES string of the molecule is CC(C)N(Cc1ccc(C(F)(F)F)cc1)c1ncnc2c1ncn2C[C@H]1CCN(CC(N)=O)C[C@@H]1O. The number of amides is 1. The van der Waals surface area contributed by atoms with Gasteiger partial charge >= 0.3 is 6.18 Å². The smallest absolute Gasteiger partial charge is 0.391 e. The van der Waals surface area contributed by atoms with E-state index in [0.717, 1.165) is 12.1 Å². The number of likely N-dealkylation sites (tertiary alicyclic amines) is 1. The number of carbonyl (C=O) groups is 1. The summed E-state index contributed by atoms with van der Waals surface area (Å²) in [6, 6.07) is 5.10. The number of hydrogen-bond acceptors (Lipinski definition) is 7. The van der Waals surface area contributed by atoms with Crippen LogP contribution in [0.2, 0.25) is 0 Å². The number of nitrogens with zero attached hydrogens (tertiary/aromatic N) is 6. The number of rotatable bonds is 8. The van der Waals surface area contributed by atoms with E-state index in [2.05, 4.69) is 15.0 Å². The lowest BCUT2D eigenvalue weighted by Crippen LogP contribution is -2.47. The number of nitrogens with two attached hydrogens (primary N) is 1. The molecule has 3 N–H and O–H groups in total. The first kappa shape index (κ1) is 25.8. The van der Waals surface area contributed by atoms with Crippen molar-refractivity contribution >= 4 is 22.9 Å². The quantitative estimate of drug-likeness (QED) is 0.483. The summed E-state index contributed by atoms with van der Waals surface area (Å²) in [4.78, 5) is 28.4. The molecule has 0 aliphatic carbocycles. The number of halogens is 3. The number of aromatic nitrogens is 4. The van der Waals surface area contributed by atoms with Crippen molar-refractivity contribution in [2.45, 2.75) is 51.7 Å². The molecule has 1 aliphatic rings. The summed E-state index contributed by atoms with van der Waals surface area (Å²) in [5.74, 6) is 0.125. The molecular formula is C24H30F3N7O2. The number of alkyl halides is 3. The number of β-amino-alcohol motifs (C(OH)–C–C–N with tert-alkyl or cyclic N) is 1. The molecule has 9 nitrogen and oxygen atoms in total. The Bertz CT molecular complexity index is 1200. The average molecular weight is 506 g/mol. The van der Waals surface area contributed by atoms with Gasteiger partial charge in [-0.2, -0.15) is 13.2 Å². The first-order chi connectivity index (χ1) is 17.0. The van der Waals surface area contributed by atoms with Crippen molar-refractivity contribution in [1.29, 1.82) is 0 Å². The van der Waals surface area contributed by atoms with Crippen LogP contribution in [0.15, 0.2) is 36.9 Å². The molecule has 4 rings (SSSR count). The van der Waals surface area contributed by atoms with E-state index in [1.54, 1.807) is 6.33 Å². The lowest BCUT2D eigenvalue weighted by atomic mass is 9.93. The van der Waals surface area contributed by atoms with Gasteiger partial charge in [-0.1, -0.05) is 12.1 Å². The Labute approximate surface area is 206 Å². The van der Waals surface area contributed by atoms with E-state index in [1.807, 2.05) is 28.2 Å². The Morgan fingerprint density at radius 1 is 1.22 bits per heavy atom. The molecule has 2 aromatic heterocycles. The molecule has 0 saturated carbocycles. The Morgan fingerprint density at radius 3 is 2.56 bits per heavy atom. The van der Waals surface area contributed by atoms with Crippen LogP contribution in [-0.4, -0.2) is 67.2 Å². The van der Waals surface area contributed by atoms with Crippen LogP contribution in [-0.2, 0) is 24.1 Å². The maximum atomic E-state index is 12.9. The lowest BCUT2D eigenvalue weighted by molar-refractivity contribution is -0.137.